The smallest absolute Gasteiger partial charge is 0.279 e. The molecular formula is C10H10N2O5. The standard InChI is InChI=1S/C10H10N2O5/c13-8-1-2-9-6(4-8)3-7(11(14)15)5-10(9)12(16)17/h3,5,8,13H,1-2,4H2. The molecule has 7 nitrogen and oxygen atoms in total. The summed E-state index contributed by atoms with van der Waals surface area (Å²) in [6.07, 6.45) is 0.484. The number of hydrogen-bond acceptors (Lipinski definition) is 5. The van der Waals surface area contributed by atoms with Gasteiger partial charge in [0.2, 0.25) is 0 Å². The Morgan fingerprint density at radius 2 is 1.94 bits per heavy atom. The lowest BCUT2D eigenvalue weighted by molar-refractivity contribution is -0.394. The van der Waals surface area contributed by atoms with Crippen LogP contribution in [0.1, 0.15) is 17.5 Å². The third-order valence-corrected chi connectivity index (χ3v) is 2.89. The molecule has 0 fully saturated rings. The average molecular weight is 238 g/mol. The predicted octanol–water partition coefficient (Wildman–Crippen LogP) is 1.35. The van der Waals surface area contributed by atoms with E-state index in [1.165, 1.54) is 6.07 Å². The average Bonchev–Trinajstić information content (AvgIpc) is 2.26. The van der Waals surface area contributed by atoms with E-state index in [1.807, 2.05) is 0 Å². The van der Waals surface area contributed by atoms with Gasteiger partial charge in [-0.05, 0) is 24.8 Å². The van der Waals surface area contributed by atoms with Gasteiger partial charge in [-0.25, -0.2) is 0 Å². The lowest BCUT2D eigenvalue weighted by Gasteiger charge is -2.19. The second-order valence-corrected chi connectivity index (χ2v) is 4.01. The first-order valence-electron chi connectivity index (χ1n) is 5.11. The van der Waals surface area contributed by atoms with Crippen LogP contribution in [0, 0.1) is 20.2 Å². The highest BCUT2D eigenvalue weighted by Gasteiger charge is 2.28. The van der Waals surface area contributed by atoms with E-state index in [1.54, 1.807) is 0 Å². The summed E-state index contributed by atoms with van der Waals surface area (Å²) in [6, 6.07) is 2.29. The van der Waals surface area contributed by atoms with Crippen molar-refractivity contribution < 1.29 is 15.0 Å². The van der Waals surface area contributed by atoms with Crippen molar-refractivity contribution in [3.05, 3.63) is 43.5 Å². The van der Waals surface area contributed by atoms with E-state index in [4.69, 9.17) is 0 Å². The van der Waals surface area contributed by atoms with Crippen molar-refractivity contribution in [1.82, 2.24) is 0 Å². The Hall–Kier alpha value is -2.02. The molecule has 2 rings (SSSR count). The van der Waals surface area contributed by atoms with Crippen molar-refractivity contribution in [2.45, 2.75) is 25.4 Å². The summed E-state index contributed by atoms with van der Waals surface area (Å²) < 4.78 is 0. The van der Waals surface area contributed by atoms with Gasteiger partial charge in [0.05, 0.1) is 22.0 Å². The van der Waals surface area contributed by atoms with Crippen LogP contribution in [0.4, 0.5) is 11.4 Å². The van der Waals surface area contributed by atoms with Crippen molar-refractivity contribution in [2.75, 3.05) is 0 Å². The van der Waals surface area contributed by atoms with Crippen molar-refractivity contribution in [3.63, 3.8) is 0 Å². The van der Waals surface area contributed by atoms with E-state index >= 15 is 0 Å². The zero-order chi connectivity index (χ0) is 12.6. The number of nitro groups is 2. The summed E-state index contributed by atoms with van der Waals surface area (Å²) in [5.74, 6) is 0. The Morgan fingerprint density at radius 1 is 1.24 bits per heavy atom. The number of fused-ring (bicyclic) bond motifs is 1. The molecule has 1 aliphatic rings. The molecule has 0 aromatic heterocycles. The summed E-state index contributed by atoms with van der Waals surface area (Å²) in [7, 11) is 0. The highest BCUT2D eigenvalue weighted by atomic mass is 16.6. The predicted molar refractivity (Wildman–Crippen MR) is 57.8 cm³/mol. The highest BCUT2D eigenvalue weighted by Crippen LogP contribution is 2.33. The molecule has 0 aliphatic heterocycles. The van der Waals surface area contributed by atoms with Crippen LogP contribution in [-0.2, 0) is 12.8 Å². The minimum Gasteiger partial charge on any atom is -0.393 e. The van der Waals surface area contributed by atoms with Gasteiger partial charge in [0.25, 0.3) is 11.4 Å². The second kappa shape index (κ2) is 4.10. The molecule has 0 saturated heterocycles. The van der Waals surface area contributed by atoms with Crippen LogP contribution in [0.25, 0.3) is 0 Å². The van der Waals surface area contributed by atoms with E-state index in [0.717, 1.165) is 6.07 Å². The molecule has 0 amide bonds. The van der Waals surface area contributed by atoms with Crippen LogP contribution >= 0.6 is 0 Å². The zero-order valence-electron chi connectivity index (χ0n) is 8.83. The van der Waals surface area contributed by atoms with Crippen LogP contribution in [-0.4, -0.2) is 21.1 Å². The van der Waals surface area contributed by atoms with Gasteiger partial charge in [0.1, 0.15) is 0 Å². The van der Waals surface area contributed by atoms with E-state index in [2.05, 4.69) is 0 Å². The van der Waals surface area contributed by atoms with Crippen LogP contribution in [0.5, 0.6) is 0 Å². The molecule has 0 saturated carbocycles. The van der Waals surface area contributed by atoms with Crippen molar-refractivity contribution in [1.29, 1.82) is 0 Å². The number of non-ortho nitro benzene ring substituents is 1. The third kappa shape index (κ3) is 2.09. The molecule has 1 aromatic rings. The van der Waals surface area contributed by atoms with Crippen LogP contribution in [0.2, 0.25) is 0 Å². The molecule has 0 bridgehead atoms. The largest absolute Gasteiger partial charge is 0.393 e. The number of nitrogens with zero attached hydrogens (tertiary/aromatic N) is 2. The Kier molecular flexibility index (Phi) is 2.76. The molecule has 1 aliphatic carbocycles. The Labute approximate surface area is 96.0 Å². The molecule has 1 atom stereocenters. The van der Waals surface area contributed by atoms with Gasteiger partial charge in [-0.2, -0.15) is 0 Å². The van der Waals surface area contributed by atoms with E-state index in [9.17, 15) is 25.3 Å². The highest BCUT2D eigenvalue weighted by molar-refractivity contribution is 5.55. The van der Waals surface area contributed by atoms with E-state index in [0.29, 0.717) is 24.0 Å². The number of aliphatic hydroxyl groups excluding tert-OH is 1. The molecule has 0 spiro atoms. The van der Waals surface area contributed by atoms with Gasteiger partial charge in [0, 0.05) is 11.6 Å². The van der Waals surface area contributed by atoms with Gasteiger partial charge in [-0.15, -0.1) is 0 Å². The molecule has 7 heteroatoms. The Bertz CT molecular complexity index is 500. The number of nitro benzene ring substituents is 2. The molecule has 17 heavy (non-hydrogen) atoms. The number of rotatable bonds is 2. The molecule has 0 heterocycles. The van der Waals surface area contributed by atoms with Crippen molar-refractivity contribution in [2.24, 2.45) is 0 Å². The van der Waals surface area contributed by atoms with Crippen LogP contribution in [0.15, 0.2) is 12.1 Å². The van der Waals surface area contributed by atoms with Gasteiger partial charge >= 0.3 is 0 Å². The molecule has 90 valence electrons. The molecule has 0 radical (unpaired) electrons. The summed E-state index contributed by atoms with van der Waals surface area (Å²) in [5.41, 5.74) is 0.487. The van der Waals surface area contributed by atoms with Crippen LogP contribution < -0.4 is 0 Å². The minimum atomic E-state index is -0.658. The summed E-state index contributed by atoms with van der Waals surface area (Å²) in [5, 5.41) is 31.0. The van der Waals surface area contributed by atoms with E-state index in [-0.39, 0.29) is 17.8 Å². The van der Waals surface area contributed by atoms with Crippen LogP contribution in [0.3, 0.4) is 0 Å². The lowest BCUT2D eigenvalue weighted by atomic mass is 9.88. The second-order valence-electron chi connectivity index (χ2n) is 4.01. The number of aliphatic hydroxyl groups is 1. The van der Waals surface area contributed by atoms with E-state index < -0.39 is 16.0 Å². The maximum absolute atomic E-state index is 10.8. The molecule has 1 unspecified atom stereocenters. The summed E-state index contributed by atoms with van der Waals surface area (Å²) in [6.45, 7) is 0. The SMILES string of the molecule is O=[N+]([O-])c1cc2c(c([N+](=O)[O-])c1)CCC(O)C2. The van der Waals surface area contributed by atoms with Crippen molar-refractivity contribution >= 4 is 11.4 Å². The minimum absolute atomic E-state index is 0.221. The topological polar surface area (TPSA) is 107 Å². The van der Waals surface area contributed by atoms with Gasteiger partial charge in [-0.3, -0.25) is 20.2 Å². The molecule has 1 aromatic carbocycles. The fourth-order valence-electron chi connectivity index (χ4n) is 2.10. The van der Waals surface area contributed by atoms with Gasteiger partial charge in [-0.1, -0.05) is 0 Å². The summed E-state index contributed by atoms with van der Waals surface area (Å²) >= 11 is 0. The van der Waals surface area contributed by atoms with Gasteiger partial charge in [0.15, 0.2) is 0 Å². The molecular weight excluding hydrogens is 228 g/mol. The normalized spacial score (nSPS) is 18.5. The first kappa shape index (κ1) is 11.5. The zero-order valence-corrected chi connectivity index (χ0v) is 8.83. The van der Waals surface area contributed by atoms with Crippen molar-refractivity contribution in [3.8, 4) is 0 Å². The maximum atomic E-state index is 10.8. The molecule has 1 N–H and O–H groups in total. The fourth-order valence-corrected chi connectivity index (χ4v) is 2.10. The monoisotopic (exact) mass is 238 g/mol. The first-order chi connectivity index (χ1) is 7.99. The first-order valence-corrected chi connectivity index (χ1v) is 5.11. The number of hydrogen-bond donors (Lipinski definition) is 1. The lowest BCUT2D eigenvalue weighted by Crippen LogP contribution is -2.19. The Balaban J connectivity index is 2.59. The maximum Gasteiger partial charge on any atom is 0.279 e. The van der Waals surface area contributed by atoms with Gasteiger partial charge < -0.3 is 5.11 Å². The fraction of sp³-hybridized carbons (Fsp3) is 0.400. The number of benzene rings is 1. The summed E-state index contributed by atoms with van der Waals surface area (Å²) in [4.78, 5) is 20.2. The Morgan fingerprint density at radius 3 is 2.53 bits per heavy atom. The third-order valence-electron chi connectivity index (χ3n) is 2.89. The quantitative estimate of drug-likeness (QED) is 0.618.